The van der Waals surface area contributed by atoms with Gasteiger partial charge in [-0.05, 0) is 40.9 Å². The monoisotopic (exact) mass is 322 g/mol. The fourth-order valence-corrected chi connectivity index (χ4v) is 2.50. The van der Waals surface area contributed by atoms with Crippen LogP contribution >= 0.6 is 15.9 Å². The SMILES string of the molecule is CN(Cc1nc(Br)c2ccccn12)C(=O)NC1CC1. The van der Waals surface area contributed by atoms with Crippen molar-refractivity contribution in [2.24, 2.45) is 0 Å². The van der Waals surface area contributed by atoms with Gasteiger partial charge in [0.05, 0.1) is 12.1 Å². The number of carbonyl (C=O) groups is 1. The Hall–Kier alpha value is -1.56. The summed E-state index contributed by atoms with van der Waals surface area (Å²) in [4.78, 5) is 18.0. The maximum absolute atomic E-state index is 11.9. The number of carbonyl (C=O) groups excluding carboxylic acids is 1. The second-order valence-electron chi connectivity index (χ2n) is 4.85. The highest BCUT2D eigenvalue weighted by atomic mass is 79.9. The van der Waals surface area contributed by atoms with Gasteiger partial charge in [-0.2, -0.15) is 0 Å². The van der Waals surface area contributed by atoms with E-state index in [-0.39, 0.29) is 6.03 Å². The van der Waals surface area contributed by atoms with E-state index in [4.69, 9.17) is 0 Å². The smallest absolute Gasteiger partial charge is 0.317 e. The number of aromatic nitrogens is 2. The Morgan fingerprint density at radius 1 is 1.58 bits per heavy atom. The third-order valence-corrected chi connectivity index (χ3v) is 3.79. The Bertz CT molecular complexity index is 620. The van der Waals surface area contributed by atoms with Gasteiger partial charge in [-0.15, -0.1) is 0 Å². The fraction of sp³-hybridized carbons (Fsp3) is 0.385. The van der Waals surface area contributed by atoms with Crippen molar-refractivity contribution >= 4 is 27.5 Å². The average Bonchev–Trinajstić information content (AvgIpc) is 3.16. The first-order chi connectivity index (χ1) is 9.15. The fourth-order valence-electron chi connectivity index (χ4n) is 1.97. The zero-order chi connectivity index (χ0) is 13.4. The van der Waals surface area contributed by atoms with Crippen molar-refractivity contribution in [2.45, 2.75) is 25.4 Å². The number of hydrogen-bond acceptors (Lipinski definition) is 2. The van der Waals surface area contributed by atoms with E-state index in [0.29, 0.717) is 12.6 Å². The molecule has 2 aromatic rings. The van der Waals surface area contributed by atoms with Crippen LogP contribution in [0.5, 0.6) is 0 Å². The van der Waals surface area contributed by atoms with Crippen molar-refractivity contribution in [3.8, 4) is 0 Å². The summed E-state index contributed by atoms with van der Waals surface area (Å²) in [5.74, 6) is 0.843. The zero-order valence-electron chi connectivity index (χ0n) is 10.6. The van der Waals surface area contributed by atoms with Crippen LogP contribution in [0.15, 0.2) is 29.0 Å². The van der Waals surface area contributed by atoms with Crippen LogP contribution in [-0.4, -0.2) is 33.4 Å². The Morgan fingerprint density at radius 2 is 2.37 bits per heavy atom. The van der Waals surface area contributed by atoms with Gasteiger partial charge < -0.3 is 14.6 Å². The highest BCUT2D eigenvalue weighted by Gasteiger charge is 2.25. The minimum atomic E-state index is -0.0358. The molecule has 0 unspecified atom stereocenters. The maximum Gasteiger partial charge on any atom is 0.317 e. The molecule has 1 aliphatic carbocycles. The molecule has 6 heteroatoms. The number of urea groups is 1. The molecule has 2 amide bonds. The molecular weight excluding hydrogens is 308 g/mol. The van der Waals surface area contributed by atoms with Crippen molar-refractivity contribution < 1.29 is 4.79 Å². The van der Waals surface area contributed by atoms with Crippen LogP contribution in [0, 0.1) is 0 Å². The van der Waals surface area contributed by atoms with E-state index in [1.807, 2.05) is 28.8 Å². The summed E-state index contributed by atoms with van der Waals surface area (Å²) >= 11 is 3.44. The Balaban J connectivity index is 1.78. The molecule has 3 rings (SSSR count). The molecule has 0 spiro atoms. The van der Waals surface area contributed by atoms with Crippen LogP contribution in [-0.2, 0) is 6.54 Å². The number of rotatable bonds is 3. The van der Waals surface area contributed by atoms with E-state index in [2.05, 4.69) is 26.2 Å². The number of hydrogen-bond donors (Lipinski definition) is 1. The predicted octanol–water partition coefficient (Wildman–Crippen LogP) is 2.40. The summed E-state index contributed by atoms with van der Waals surface area (Å²) in [6.07, 6.45) is 4.14. The number of fused-ring (bicyclic) bond motifs is 1. The summed E-state index contributed by atoms with van der Waals surface area (Å²) < 4.78 is 2.80. The van der Waals surface area contributed by atoms with E-state index in [1.54, 1.807) is 11.9 Å². The van der Waals surface area contributed by atoms with Crippen LogP contribution in [0.1, 0.15) is 18.7 Å². The number of imidazole rings is 1. The lowest BCUT2D eigenvalue weighted by Crippen LogP contribution is -2.38. The molecule has 0 aliphatic heterocycles. The van der Waals surface area contributed by atoms with Crippen LogP contribution in [0.2, 0.25) is 0 Å². The van der Waals surface area contributed by atoms with Crippen molar-refractivity contribution in [3.63, 3.8) is 0 Å². The van der Waals surface area contributed by atoms with Gasteiger partial charge in [0.25, 0.3) is 0 Å². The van der Waals surface area contributed by atoms with E-state index in [0.717, 1.165) is 28.8 Å². The van der Waals surface area contributed by atoms with Gasteiger partial charge in [-0.25, -0.2) is 9.78 Å². The first-order valence-corrected chi connectivity index (χ1v) is 7.07. The van der Waals surface area contributed by atoms with Gasteiger partial charge in [0.2, 0.25) is 0 Å². The topological polar surface area (TPSA) is 49.6 Å². The molecule has 0 bridgehead atoms. The van der Waals surface area contributed by atoms with Gasteiger partial charge in [0.15, 0.2) is 0 Å². The molecular formula is C13H15BrN4O. The maximum atomic E-state index is 11.9. The molecule has 0 radical (unpaired) electrons. The highest BCUT2D eigenvalue weighted by Crippen LogP contribution is 2.20. The summed E-state index contributed by atoms with van der Waals surface area (Å²) in [5, 5.41) is 2.97. The van der Waals surface area contributed by atoms with Gasteiger partial charge in [-0.1, -0.05) is 6.07 Å². The van der Waals surface area contributed by atoms with E-state index in [1.165, 1.54) is 0 Å². The molecule has 1 fully saturated rings. The lowest BCUT2D eigenvalue weighted by atomic mass is 10.4. The van der Waals surface area contributed by atoms with Gasteiger partial charge >= 0.3 is 6.03 Å². The van der Waals surface area contributed by atoms with E-state index in [9.17, 15) is 4.79 Å². The minimum Gasteiger partial charge on any atom is -0.335 e. The predicted molar refractivity (Wildman–Crippen MR) is 75.9 cm³/mol. The minimum absolute atomic E-state index is 0.0358. The standard InChI is InChI=1S/C13H15BrN4O/c1-17(13(19)15-9-5-6-9)8-11-16-12(14)10-4-2-3-7-18(10)11/h2-4,7,9H,5-6,8H2,1H3,(H,15,19). The number of pyridine rings is 1. The van der Waals surface area contributed by atoms with Crippen LogP contribution in [0.3, 0.4) is 0 Å². The molecule has 1 saturated carbocycles. The largest absolute Gasteiger partial charge is 0.335 e. The van der Waals surface area contributed by atoms with Crippen molar-refractivity contribution in [2.75, 3.05) is 7.05 Å². The third kappa shape index (κ3) is 2.58. The lowest BCUT2D eigenvalue weighted by molar-refractivity contribution is 0.205. The average molecular weight is 323 g/mol. The van der Waals surface area contributed by atoms with Crippen molar-refractivity contribution in [1.82, 2.24) is 19.6 Å². The van der Waals surface area contributed by atoms with Crippen molar-refractivity contribution in [3.05, 3.63) is 34.8 Å². The normalized spacial score (nSPS) is 14.6. The van der Waals surface area contributed by atoms with Gasteiger partial charge in [0.1, 0.15) is 10.4 Å². The Labute approximate surface area is 119 Å². The van der Waals surface area contributed by atoms with Crippen molar-refractivity contribution in [1.29, 1.82) is 0 Å². The zero-order valence-corrected chi connectivity index (χ0v) is 12.2. The Morgan fingerprint density at radius 3 is 3.11 bits per heavy atom. The highest BCUT2D eigenvalue weighted by molar-refractivity contribution is 9.10. The summed E-state index contributed by atoms with van der Waals surface area (Å²) in [5.41, 5.74) is 1.01. The van der Waals surface area contributed by atoms with E-state index >= 15 is 0 Å². The van der Waals surface area contributed by atoms with Gasteiger partial charge in [0, 0.05) is 19.3 Å². The van der Waals surface area contributed by atoms with Crippen LogP contribution < -0.4 is 5.32 Å². The van der Waals surface area contributed by atoms with Gasteiger partial charge in [-0.3, -0.25) is 0 Å². The first-order valence-electron chi connectivity index (χ1n) is 6.28. The molecule has 0 aromatic carbocycles. The molecule has 2 heterocycles. The summed E-state index contributed by atoms with van der Waals surface area (Å²) in [6.45, 7) is 0.481. The van der Waals surface area contributed by atoms with E-state index < -0.39 is 0 Å². The first kappa shape index (κ1) is 12.5. The third-order valence-electron chi connectivity index (χ3n) is 3.21. The number of halogens is 1. The molecule has 5 nitrogen and oxygen atoms in total. The summed E-state index contributed by atoms with van der Waals surface area (Å²) in [6, 6.07) is 6.25. The second kappa shape index (κ2) is 4.85. The second-order valence-corrected chi connectivity index (χ2v) is 5.61. The van der Waals surface area contributed by atoms with Crippen LogP contribution in [0.4, 0.5) is 4.79 Å². The Kier molecular flexibility index (Phi) is 3.18. The lowest BCUT2D eigenvalue weighted by Gasteiger charge is -2.17. The quantitative estimate of drug-likeness (QED) is 0.943. The number of nitrogens with one attached hydrogen (secondary N) is 1. The van der Waals surface area contributed by atoms with Crippen LogP contribution in [0.25, 0.3) is 5.52 Å². The number of amides is 2. The summed E-state index contributed by atoms with van der Waals surface area (Å²) in [7, 11) is 1.79. The molecule has 0 atom stereocenters. The molecule has 1 aliphatic rings. The molecule has 0 saturated heterocycles. The molecule has 19 heavy (non-hydrogen) atoms. The molecule has 1 N–H and O–H groups in total. The molecule has 100 valence electrons. The number of nitrogens with zero attached hydrogens (tertiary/aromatic N) is 3. The molecule has 2 aromatic heterocycles.